The van der Waals surface area contributed by atoms with Gasteiger partial charge in [0.1, 0.15) is 18.8 Å². The first kappa shape index (κ1) is 14.9. The van der Waals surface area contributed by atoms with Gasteiger partial charge in [0.2, 0.25) is 0 Å². The van der Waals surface area contributed by atoms with E-state index in [1.54, 1.807) is 12.5 Å². The van der Waals surface area contributed by atoms with E-state index in [0.29, 0.717) is 0 Å². The van der Waals surface area contributed by atoms with Gasteiger partial charge in [-0.25, -0.2) is 0 Å². The van der Waals surface area contributed by atoms with E-state index in [0.717, 1.165) is 51.0 Å². The van der Waals surface area contributed by atoms with Crippen molar-refractivity contribution in [1.29, 1.82) is 5.26 Å². The van der Waals surface area contributed by atoms with Crippen molar-refractivity contribution >= 4 is 0 Å². The third-order valence-corrected chi connectivity index (χ3v) is 4.48. The normalized spacial score (nSPS) is 26.2. The molecule has 2 aliphatic heterocycles. The number of rotatable bonds is 4. The highest BCUT2D eigenvalue weighted by molar-refractivity contribution is 5.21. The van der Waals surface area contributed by atoms with Crippen LogP contribution in [-0.2, 0) is 9.47 Å². The van der Waals surface area contributed by atoms with Gasteiger partial charge < -0.3 is 9.47 Å². The van der Waals surface area contributed by atoms with Crippen LogP contribution in [-0.4, -0.2) is 24.0 Å². The molecular formula is C18H22N2O2. The highest BCUT2D eigenvalue weighted by Crippen LogP contribution is 2.29. The summed E-state index contributed by atoms with van der Waals surface area (Å²) in [6.45, 7) is 1.82. The second-order valence-corrected chi connectivity index (χ2v) is 6.02. The minimum atomic E-state index is 0.122. The lowest BCUT2D eigenvalue weighted by Crippen LogP contribution is -2.44. The van der Waals surface area contributed by atoms with Crippen LogP contribution < -0.4 is 0 Å². The van der Waals surface area contributed by atoms with Crippen molar-refractivity contribution in [2.24, 2.45) is 5.92 Å². The Bertz CT molecular complexity index is 554. The Kier molecular flexibility index (Phi) is 4.97. The molecule has 2 heterocycles. The van der Waals surface area contributed by atoms with Crippen LogP contribution in [0.1, 0.15) is 32.1 Å². The molecule has 0 aromatic rings. The summed E-state index contributed by atoms with van der Waals surface area (Å²) in [7, 11) is 0. The first-order valence-corrected chi connectivity index (χ1v) is 8.02. The fourth-order valence-corrected chi connectivity index (χ4v) is 3.31. The van der Waals surface area contributed by atoms with E-state index in [-0.39, 0.29) is 12.0 Å². The zero-order chi connectivity index (χ0) is 15.2. The summed E-state index contributed by atoms with van der Waals surface area (Å²) >= 11 is 0. The summed E-state index contributed by atoms with van der Waals surface area (Å²) in [6.07, 6.45) is 16.6. The van der Waals surface area contributed by atoms with Crippen LogP contribution >= 0.6 is 0 Å². The van der Waals surface area contributed by atoms with Crippen LogP contribution in [0.5, 0.6) is 0 Å². The standard InChI is InChI=1S/C18H22N2O2/c19-12-16-7-4-8-20(13-16)17(18-14-21-9-10-22-18)11-15-5-2-1-3-6-15/h1-2,5,9-10,14,16-17H,3-4,6-8,11,13H2. The number of piperidine rings is 1. The average molecular weight is 298 g/mol. The molecule has 1 fully saturated rings. The molecule has 0 amide bonds. The van der Waals surface area contributed by atoms with E-state index in [2.05, 4.69) is 29.2 Å². The summed E-state index contributed by atoms with van der Waals surface area (Å²) in [4.78, 5) is 2.38. The van der Waals surface area contributed by atoms with Gasteiger partial charge in [-0.1, -0.05) is 23.8 Å². The van der Waals surface area contributed by atoms with Gasteiger partial charge in [0, 0.05) is 6.54 Å². The van der Waals surface area contributed by atoms with Crippen molar-refractivity contribution in [2.75, 3.05) is 13.1 Å². The molecule has 3 rings (SSSR count). The quantitative estimate of drug-likeness (QED) is 0.795. The smallest absolute Gasteiger partial charge is 0.156 e. The molecule has 4 heteroatoms. The molecule has 0 radical (unpaired) electrons. The topological polar surface area (TPSA) is 45.5 Å². The minimum absolute atomic E-state index is 0.122. The second-order valence-electron chi connectivity index (χ2n) is 6.02. The highest BCUT2D eigenvalue weighted by atomic mass is 16.5. The van der Waals surface area contributed by atoms with Gasteiger partial charge in [-0.2, -0.15) is 5.26 Å². The van der Waals surface area contributed by atoms with Crippen molar-refractivity contribution in [2.45, 2.75) is 38.1 Å². The molecule has 0 saturated carbocycles. The van der Waals surface area contributed by atoms with Crippen molar-refractivity contribution < 1.29 is 9.47 Å². The lowest BCUT2D eigenvalue weighted by molar-refractivity contribution is 0.111. The summed E-state index contributed by atoms with van der Waals surface area (Å²) in [5, 5.41) is 9.24. The van der Waals surface area contributed by atoms with Crippen LogP contribution in [0.25, 0.3) is 0 Å². The Balaban J connectivity index is 1.76. The third kappa shape index (κ3) is 3.61. The van der Waals surface area contributed by atoms with E-state index < -0.39 is 0 Å². The molecule has 22 heavy (non-hydrogen) atoms. The van der Waals surface area contributed by atoms with Crippen LogP contribution in [0.3, 0.4) is 0 Å². The number of nitriles is 1. The van der Waals surface area contributed by atoms with Crippen LogP contribution in [0, 0.1) is 17.2 Å². The van der Waals surface area contributed by atoms with Crippen molar-refractivity contribution in [3.05, 3.63) is 48.3 Å². The molecule has 3 aliphatic rings. The Morgan fingerprint density at radius 1 is 1.41 bits per heavy atom. The molecule has 1 saturated heterocycles. The number of likely N-dealkylation sites (tertiary alicyclic amines) is 1. The van der Waals surface area contributed by atoms with Crippen molar-refractivity contribution in [3.63, 3.8) is 0 Å². The molecule has 2 unspecified atom stereocenters. The first-order valence-electron chi connectivity index (χ1n) is 8.02. The minimum Gasteiger partial charge on any atom is -0.466 e. The average Bonchev–Trinajstić information content (AvgIpc) is 2.61. The highest BCUT2D eigenvalue weighted by Gasteiger charge is 2.30. The van der Waals surface area contributed by atoms with Gasteiger partial charge in [0.05, 0.1) is 18.0 Å². The Hall–Kier alpha value is -1.99. The van der Waals surface area contributed by atoms with Gasteiger partial charge in [-0.3, -0.25) is 4.90 Å². The zero-order valence-electron chi connectivity index (χ0n) is 12.8. The van der Waals surface area contributed by atoms with Crippen molar-refractivity contribution in [1.82, 2.24) is 4.90 Å². The summed E-state index contributed by atoms with van der Waals surface area (Å²) in [6, 6.07) is 2.57. The van der Waals surface area contributed by atoms with Gasteiger partial charge in [-0.05, 0) is 38.6 Å². The maximum atomic E-state index is 9.24. The fraction of sp³-hybridized carbons (Fsp3) is 0.500. The zero-order valence-corrected chi connectivity index (χ0v) is 12.8. The van der Waals surface area contributed by atoms with Gasteiger partial charge in [0.15, 0.2) is 5.76 Å². The summed E-state index contributed by atoms with van der Waals surface area (Å²) in [5.74, 6) is 0.966. The Morgan fingerprint density at radius 2 is 2.36 bits per heavy atom. The fourth-order valence-electron chi connectivity index (χ4n) is 3.31. The Morgan fingerprint density at radius 3 is 3.09 bits per heavy atom. The maximum absolute atomic E-state index is 9.24. The largest absolute Gasteiger partial charge is 0.466 e. The number of allylic oxidation sites excluding steroid dienone is 3. The lowest BCUT2D eigenvalue weighted by atomic mass is 9.92. The molecule has 0 aromatic heterocycles. The monoisotopic (exact) mass is 298 g/mol. The number of hydrogen-bond acceptors (Lipinski definition) is 4. The van der Waals surface area contributed by atoms with Crippen LogP contribution in [0.15, 0.2) is 48.3 Å². The third-order valence-electron chi connectivity index (χ3n) is 4.48. The molecule has 1 aliphatic carbocycles. The Labute approximate surface area is 132 Å². The SMILES string of the molecule is N#CC1CCCN(C(CC2=CC=CCC2)C2=COC=CO2)C1. The van der Waals surface area contributed by atoms with E-state index in [1.165, 1.54) is 11.8 Å². The molecule has 0 bridgehead atoms. The summed E-state index contributed by atoms with van der Waals surface area (Å²) in [5.41, 5.74) is 1.44. The van der Waals surface area contributed by atoms with Gasteiger partial charge in [-0.15, -0.1) is 0 Å². The number of nitrogens with zero attached hydrogens (tertiary/aromatic N) is 2. The lowest BCUT2D eigenvalue weighted by Gasteiger charge is -2.37. The molecule has 0 spiro atoms. The summed E-state index contributed by atoms with van der Waals surface area (Å²) < 4.78 is 11.0. The van der Waals surface area contributed by atoms with Crippen LogP contribution in [0.4, 0.5) is 0 Å². The predicted molar refractivity (Wildman–Crippen MR) is 84.2 cm³/mol. The van der Waals surface area contributed by atoms with E-state index in [1.807, 2.05) is 0 Å². The molecule has 0 N–H and O–H groups in total. The van der Waals surface area contributed by atoms with Crippen LogP contribution in [0.2, 0.25) is 0 Å². The first-order chi connectivity index (χ1) is 10.9. The van der Waals surface area contributed by atoms with Crippen molar-refractivity contribution in [3.8, 4) is 6.07 Å². The van der Waals surface area contributed by atoms with E-state index in [4.69, 9.17) is 9.47 Å². The predicted octanol–water partition coefficient (Wildman–Crippen LogP) is 3.62. The maximum Gasteiger partial charge on any atom is 0.156 e. The van der Waals surface area contributed by atoms with E-state index >= 15 is 0 Å². The van der Waals surface area contributed by atoms with E-state index in [9.17, 15) is 5.26 Å². The second kappa shape index (κ2) is 7.33. The molecule has 0 aromatic carbocycles. The van der Waals surface area contributed by atoms with Gasteiger partial charge >= 0.3 is 0 Å². The number of hydrogen-bond donors (Lipinski definition) is 0. The number of ether oxygens (including phenoxy) is 2. The molecule has 4 nitrogen and oxygen atoms in total. The van der Waals surface area contributed by atoms with Gasteiger partial charge in [0.25, 0.3) is 0 Å². The molecule has 2 atom stereocenters. The molecular weight excluding hydrogens is 276 g/mol. The molecule has 116 valence electrons.